The molecule has 3 nitrogen and oxygen atoms in total. The van der Waals surface area contributed by atoms with Crippen LogP contribution in [0.15, 0.2) is 24.5 Å². The predicted molar refractivity (Wildman–Crippen MR) is 117 cm³/mol. The minimum absolute atomic E-state index is 0.283. The standard InChI is InChI=1S/C26H37NO2/c1-4-13-28-19-15-18(16-27-17-19)21-7-8-22-20-6-9-24-26(3,11-5-14-29-24)23(20)10-12-25(21,22)2/h7,15-17,20,22-24H,4-6,8-14H2,1-3H3/t20-,22-,23-,24+,25+,26+/m0/s1. The molecule has 1 aromatic heterocycles. The molecule has 0 spiro atoms. The number of hydrogen-bond acceptors (Lipinski definition) is 3. The lowest BCUT2D eigenvalue weighted by atomic mass is 9.47. The van der Waals surface area contributed by atoms with E-state index in [1.54, 1.807) is 0 Å². The van der Waals surface area contributed by atoms with Crippen molar-refractivity contribution < 1.29 is 9.47 Å². The zero-order chi connectivity index (χ0) is 20.1. The molecule has 1 aliphatic heterocycles. The second-order valence-electron chi connectivity index (χ2n) is 10.5. The average Bonchev–Trinajstić information content (AvgIpc) is 3.09. The van der Waals surface area contributed by atoms with Crippen molar-refractivity contribution in [3.05, 3.63) is 30.1 Å². The third kappa shape index (κ3) is 3.07. The van der Waals surface area contributed by atoms with Crippen LogP contribution in [0.3, 0.4) is 0 Å². The molecule has 0 N–H and O–H groups in total. The largest absolute Gasteiger partial charge is 0.492 e. The van der Waals surface area contributed by atoms with Gasteiger partial charge in [0.05, 0.1) is 18.9 Å². The van der Waals surface area contributed by atoms with Crippen LogP contribution in [0.1, 0.15) is 77.7 Å². The summed E-state index contributed by atoms with van der Waals surface area (Å²) < 4.78 is 12.2. The Bertz CT molecular complexity index is 789. The number of pyridine rings is 1. The number of aromatic nitrogens is 1. The fourth-order valence-electron chi connectivity index (χ4n) is 7.60. The predicted octanol–water partition coefficient (Wildman–Crippen LogP) is 6.29. The van der Waals surface area contributed by atoms with Crippen LogP contribution in [-0.4, -0.2) is 24.3 Å². The Balaban J connectivity index is 1.40. The molecule has 3 heteroatoms. The minimum atomic E-state index is 0.283. The van der Waals surface area contributed by atoms with Gasteiger partial charge in [0, 0.05) is 12.8 Å². The van der Waals surface area contributed by atoms with Crippen LogP contribution < -0.4 is 4.74 Å². The van der Waals surface area contributed by atoms with Crippen molar-refractivity contribution in [3.8, 4) is 5.75 Å². The first-order valence-electron chi connectivity index (χ1n) is 12.0. The third-order valence-corrected chi connectivity index (χ3v) is 9.04. The van der Waals surface area contributed by atoms with Gasteiger partial charge in [-0.3, -0.25) is 4.98 Å². The molecule has 2 saturated carbocycles. The summed E-state index contributed by atoms with van der Waals surface area (Å²) in [6, 6.07) is 2.22. The molecular weight excluding hydrogens is 358 g/mol. The van der Waals surface area contributed by atoms with Gasteiger partial charge in [-0.1, -0.05) is 26.8 Å². The van der Waals surface area contributed by atoms with Gasteiger partial charge in [0.2, 0.25) is 0 Å². The molecule has 1 saturated heterocycles. The minimum Gasteiger partial charge on any atom is -0.492 e. The van der Waals surface area contributed by atoms with Crippen molar-refractivity contribution in [2.75, 3.05) is 13.2 Å². The molecule has 2 heterocycles. The van der Waals surface area contributed by atoms with Crippen LogP contribution in [0.2, 0.25) is 0 Å². The maximum atomic E-state index is 6.27. The van der Waals surface area contributed by atoms with E-state index < -0.39 is 0 Å². The number of ether oxygens (including phenoxy) is 2. The molecule has 0 amide bonds. The summed E-state index contributed by atoms with van der Waals surface area (Å²) in [5.74, 6) is 3.37. The fraction of sp³-hybridized carbons (Fsp3) is 0.731. The number of nitrogens with zero attached hydrogens (tertiary/aromatic N) is 1. The zero-order valence-electron chi connectivity index (χ0n) is 18.5. The van der Waals surface area contributed by atoms with Crippen molar-refractivity contribution in [2.24, 2.45) is 28.6 Å². The monoisotopic (exact) mass is 395 g/mol. The normalized spacial score (nSPS) is 41.1. The summed E-state index contributed by atoms with van der Waals surface area (Å²) in [6.07, 6.45) is 17.1. The second-order valence-corrected chi connectivity index (χ2v) is 10.5. The van der Waals surface area contributed by atoms with E-state index in [0.29, 0.717) is 11.5 Å². The first-order valence-corrected chi connectivity index (χ1v) is 12.0. The van der Waals surface area contributed by atoms with Crippen molar-refractivity contribution in [1.82, 2.24) is 4.98 Å². The summed E-state index contributed by atoms with van der Waals surface area (Å²) in [7, 11) is 0. The lowest BCUT2D eigenvalue weighted by Crippen LogP contribution is -2.55. The highest BCUT2D eigenvalue weighted by molar-refractivity contribution is 5.73. The molecule has 29 heavy (non-hydrogen) atoms. The van der Waals surface area contributed by atoms with Crippen LogP contribution in [0.4, 0.5) is 0 Å². The van der Waals surface area contributed by atoms with Crippen LogP contribution in [0.5, 0.6) is 5.75 Å². The molecule has 158 valence electrons. The fourth-order valence-corrected chi connectivity index (χ4v) is 7.60. The molecule has 0 aromatic carbocycles. The van der Waals surface area contributed by atoms with Crippen LogP contribution in [0.25, 0.3) is 5.57 Å². The highest BCUT2D eigenvalue weighted by Crippen LogP contribution is 2.66. The van der Waals surface area contributed by atoms with Gasteiger partial charge in [-0.25, -0.2) is 0 Å². The topological polar surface area (TPSA) is 31.4 Å². The first-order chi connectivity index (χ1) is 14.1. The molecular formula is C26H37NO2. The van der Waals surface area contributed by atoms with Crippen LogP contribution in [-0.2, 0) is 4.74 Å². The van der Waals surface area contributed by atoms with Crippen LogP contribution in [0, 0.1) is 28.6 Å². The highest BCUT2D eigenvalue weighted by atomic mass is 16.5. The smallest absolute Gasteiger partial charge is 0.138 e. The molecule has 0 radical (unpaired) electrons. The molecule has 6 atom stereocenters. The summed E-state index contributed by atoms with van der Waals surface area (Å²) in [5, 5.41) is 0. The number of hydrogen-bond donors (Lipinski definition) is 0. The van der Waals surface area contributed by atoms with Crippen molar-refractivity contribution >= 4 is 5.57 Å². The maximum absolute atomic E-state index is 6.27. The summed E-state index contributed by atoms with van der Waals surface area (Å²) in [5.41, 5.74) is 3.50. The molecule has 3 aliphatic carbocycles. The lowest BCUT2D eigenvalue weighted by Gasteiger charge is -2.59. The Morgan fingerprint density at radius 3 is 2.90 bits per heavy atom. The van der Waals surface area contributed by atoms with E-state index in [0.717, 1.165) is 43.1 Å². The van der Waals surface area contributed by atoms with Gasteiger partial charge in [-0.15, -0.1) is 0 Å². The summed E-state index contributed by atoms with van der Waals surface area (Å²) in [4.78, 5) is 4.51. The summed E-state index contributed by atoms with van der Waals surface area (Å²) >= 11 is 0. The van der Waals surface area contributed by atoms with E-state index in [2.05, 4.69) is 44.1 Å². The zero-order valence-corrected chi connectivity index (χ0v) is 18.5. The Labute approximate surface area is 176 Å². The molecule has 0 unspecified atom stereocenters. The van der Waals surface area contributed by atoms with E-state index in [1.165, 1.54) is 56.1 Å². The highest BCUT2D eigenvalue weighted by Gasteiger charge is 2.58. The van der Waals surface area contributed by atoms with Crippen molar-refractivity contribution in [3.63, 3.8) is 0 Å². The number of rotatable bonds is 4. The van der Waals surface area contributed by atoms with Gasteiger partial charge < -0.3 is 9.47 Å². The van der Waals surface area contributed by atoms with Gasteiger partial charge in [0.25, 0.3) is 0 Å². The van der Waals surface area contributed by atoms with Gasteiger partial charge in [-0.2, -0.15) is 0 Å². The number of allylic oxidation sites excluding steroid dienone is 2. The van der Waals surface area contributed by atoms with E-state index in [4.69, 9.17) is 9.47 Å². The van der Waals surface area contributed by atoms with Gasteiger partial charge in [0.1, 0.15) is 5.75 Å². The quantitative estimate of drug-likeness (QED) is 0.601. The number of fused-ring (bicyclic) bond motifs is 5. The van der Waals surface area contributed by atoms with E-state index in [9.17, 15) is 0 Å². The lowest BCUT2D eigenvalue weighted by molar-refractivity contribution is -0.168. The maximum Gasteiger partial charge on any atom is 0.138 e. The van der Waals surface area contributed by atoms with Crippen molar-refractivity contribution in [1.29, 1.82) is 0 Å². The summed E-state index contributed by atoms with van der Waals surface area (Å²) in [6.45, 7) is 8.98. The Morgan fingerprint density at radius 2 is 2.03 bits per heavy atom. The third-order valence-electron chi connectivity index (χ3n) is 9.04. The molecule has 1 aromatic rings. The first kappa shape index (κ1) is 19.6. The Hall–Kier alpha value is -1.35. The van der Waals surface area contributed by atoms with E-state index in [-0.39, 0.29) is 5.41 Å². The van der Waals surface area contributed by atoms with Crippen LogP contribution >= 0.6 is 0 Å². The Morgan fingerprint density at radius 1 is 1.14 bits per heavy atom. The average molecular weight is 396 g/mol. The van der Waals surface area contributed by atoms with E-state index >= 15 is 0 Å². The molecule has 4 aliphatic rings. The Kier molecular flexibility index (Phi) is 5.01. The molecule has 3 fully saturated rings. The van der Waals surface area contributed by atoms with Gasteiger partial charge in [-0.05, 0) is 97.2 Å². The van der Waals surface area contributed by atoms with Gasteiger partial charge in [0.15, 0.2) is 0 Å². The second kappa shape index (κ2) is 7.41. The van der Waals surface area contributed by atoms with Crippen molar-refractivity contribution in [2.45, 2.75) is 78.2 Å². The van der Waals surface area contributed by atoms with Gasteiger partial charge >= 0.3 is 0 Å². The SMILES string of the molecule is CCCOc1cncc(C2=CC[C@H]3[C@@H]4CC[C@H]5OCCC[C@]5(C)[C@H]4CC[C@]23C)c1. The molecule has 0 bridgehead atoms. The molecule has 5 rings (SSSR count). The van der Waals surface area contributed by atoms with E-state index in [1.807, 2.05) is 6.20 Å².